The van der Waals surface area contributed by atoms with E-state index in [-0.39, 0.29) is 0 Å². The lowest BCUT2D eigenvalue weighted by atomic mass is 9.96. The molecule has 0 heterocycles. The molecule has 0 saturated carbocycles. The van der Waals surface area contributed by atoms with Gasteiger partial charge < -0.3 is 0 Å². The molecule has 2 aromatic carbocycles. The predicted octanol–water partition coefficient (Wildman–Crippen LogP) is 4.12. The van der Waals surface area contributed by atoms with Crippen molar-refractivity contribution in [2.24, 2.45) is 0 Å². The highest BCUT2D eigenvalue weighted by Crippen LogP contribution is 2.30. The minimum atomic E-state index is 0.676. The Labute approximate surface area is 112 Å². The van der Waals surface area contributed by atoms with E-state index in [0.717, 1.165) is 22.4 Å². The average molecular weight is 257 g/mol. The molecule has 0 radical (unpaired) electrons. The van der Waals surface area contributed by atoms with Gasteiger partial charge in [-0.25, -0.2) is 0 Å². The van der Waals surface area contributed by atoms with Crippen LogP contribution in [0, 0.1) is 18.3 Å². The highest BCUT2D eigenvalue weighted by atomic mass is 35.5. The molecule has 0 aromatic heterocycles. The molecule has 0 atom stereocenters. The van der Waals surface area contributed by atoms with Crippen molar-refractivity contribution in [2.45, 2.75) is 6.92 Å². The van der Waals surface area contributed by atoms with Crippen molar-refractivity contribution in [2.75, 3.05) is 11.5 Å². The molecule has 0 amide bonds. The van der Waals surface area contributed by atoms with Crippen molar-refractivity contribution in [3.63, 3.8) is 0 Å². The normalized spacial score (nSPS) is 9.89. The van der Waals surface area contributed by atoms with Crippen LogP contribution in [0.2, 0.25) is 0 Å². The first kappa shape index (κ1) is 12.5. The van der Waals surface area contributed by atoms with Crippen molar-refractivity contribution in [3.8, 4) is 17.2 Å². The first-order valence-corrected chi connectivity index (χ1v) is 5.97. The monoisotopic (exact) mass is 256 g/mol. The first-order chi connectivity index (χ1) is 8.63. The zero-order valence-electron chi connectivity index (χ0n) is 10.3. The van der Waals surface area contributed by atoms with Crippen LogP contribution in [0.5, 0.6) is 0 Å². The molecule has 0 spiro atoms. The number of rotatable bonds is 2. The van der Waals surface area contributed by atoms with Crippen LogP contribution in [0.3, 0.4) is 0 Å². The summed E-state index contributed by atoms with van der Waals surface area (Å²) in [5.41, 5.74) is 4.69. The molecule has 0 unspecified atom stereocenters. The SMILES string of the molecule is Cc1ccc(N(C)Cl)cc1-c1ccccc1C#N. The molecule has 2 nitrogen and oxygen atoms in total. The van der Waals surface area contributed by atoms with Crippen LogP contribution >= 0.6 is 11.8 Å². The second-order valence-corrected chi connectivity index (χ2v) is 4.64. The summed E-state index contributed by atoms with van der Waals surface area (Å²) in [6.45, 7) is 2.03. The van der Waals surface area contributed by atoms with Gasteiger partial charge in [-0.1, -0.05) is 24.3 Å². The Morgan fingerprint density at radius 2 is 1.83 bits per heavy atom. The van der Waals surface area contributed by atoms with Gasteiger partial charge in [-0.2, -0.15) is 5.26 Å². The summed E-state index contributed by atoms with van der Waals surface area (Å²) < 4.78 is 1.54. The van der Waals surface area contributed by atoms with Crippen LogP contribution in [-0.2, 0) is 0 Å². The lowest BCUT2D eigenvalue weighted by molar-refractivity contribution is 1.33. The van der Waals surface area contributed by atoms with Crippen molar-refractivity contribution in [1.29, 1.82) is 5.26 Å². The number of anilines is 1. The van der Waals surface area contributed by atoms with Crippen LogP contribution in [-0.4, -0.2) is 7.05 Å². The molecule has 0 aliphatic rings. The Morgan fingerprint density at radius 3 is 2.50 bits per heavy atom. The Kier molecular flexibility index (Phi) is 3.55. The van der Waals surface area contributed by atoms with Crippen LogP contribution in [0.25, 0.3) is 11.1 Å². The van der Waals surface area contributed by atoms with E-state index in [9.17, 15) is 0 Å². The second-order valence-electron chi connectivity index (χ2n) is 4.13. The second kappa shape index (κ2) is 5.12. The number of hydrogen-bond donors (Lipinski definition) is 0. The van der Waals surface area contributed by atoms with E-state index in [2.05, 4.69) is 6.07 Å². The van der Waals surface area contributed by atoms with E-state index in [0.29, 0.717) is 5.56 Å². The molecule has 18 heavy (non-hydrogen) atoms. The number of nitriles is 1. The van der Waals surface area contributed by atoms with Crippen LogP contribution in [0.15, 0.2) is 42.5 Å². The molecule has 0 N–H and O–H groups in total. The van der Waals surface area contributed by atoms with Gasteiger partial charge in [0.05, 0.1) is 17.3 Å². The number of halogens is 1. The standard InChI is InChI=1S/C15H13ClN2/c1-11-7-8-13(18(2)16)9-15(11)14-6-4-3-5-12(14)10-17/h3-9H,1-2H3. The van der Waals surface area contributed by atoms with Gasteiger partial charge in [0.1, 0.15) is 0 Å². The number of aryl methyl sites for hydroxylation is 1. The van der Waals surface area contributed by atoms with Gasteiger partial charge >= 0.3 is 0 Å². The van der Waals surface area contributed by atoms with Crippen LogP contribution < -0.4 is 4.42 Å². The molecule has 0 aliphatic carbocycles. The average Bonchev–Trinajstić information content (AvgIpc) is 2.39. The summed E-state index contributed by atoms with van der Waals surface area (Å²) in [5, 5.41) is 9.16. The summed E-state index contributed by atoms with van der Waals surface area (Å²) >= 11 is 5.96. The van der Waals surface area contributed by atoms with Crippen molar-refractivity contribution >= 4 is 17.5 Å². The van der Waals surface area contributed by atoms with Crippen LogP contribution in [0.4, 0.5) is 5.69 Å². The molecule has 0 bridgehead atoms. The lowest BCUT2D eigenvalue weighted by Gasteiger charge is -2.14. The highest BCUT2D eigenvalue weighted by Gasteiger charge is 2.09. The van der Waals surface area contributed by atoms with Gasteiger partial charge in [0.15, 0.2) is 0 Å². The first-order valence-electron chi connectivity index (χ1n) is 5.63. The maximum Gasteiger partial charge on any atom is 0.0998 e. The molecule has 2 rings (SSSR count). The van der Waals surface area contributed by atoms with Gasteiger partial charge in [0.2, 0.25) is 0 Å². The Bertz CT molecular complexity index is 612. The van der Waals surface area contributed by atoms with Gasteiger partial charge in [-0.05, 0) is 41.8 Å². The third kappa shape index (κ3) is 2.32. The molecule has 2 aromatic rings. The van der Waals surface area contributed by atoms with E-state index in [1.54, 1.807) is 7.05 Å². The summed E-state index contributed by atoms with van der Waals surface area (Å²) in [6.07, 6.45) is 0. The molecule has 90 valence electrons. The molecular formula is C15H13ClN2. The topological polar surface area (TPSA) is 27.0 Å². The van der Waals surface area contributed by atoms with Gasteiger partial charge in [-0.3, -0.25) is 4.42 Å². The van der Waals surface area contributed by atoms with E-state index >= 15 is 0 Å². The predicted molar refractivity (Wildman–Crippen MR) is 75.6 cm³/mol. The van der Waals surface area contributed by atoms with E-state index in [1.807, 2.05) is 49.4 Å². The van der Waals surface area contributed by atoms with Crippen molar-refractivity contribution < 1.29 is 0 Å². The molecule has 0 fully saturated rings. The smallest absolute Gasteiger partial charge is 0.0998 e. The summed E-state index contributed by atoms with van der Waals surface area (Å²) in [5.74, 6) is 0. The van der Waals surface area contributed by atoms with E-state index in [4.69, 9.17) is 17.0 Å². The summed E-state index contributed by atoms with van der Waals surface area (Å²) in [6, 6.07) is 15.8. The third-order valence-corrected chi connectivity index (χ3v) is 3.11. The zero-order chi connectivity index (χ0) is 13.1. The Morgan fingerprint density at radius 1 is 1.11 bits per heavy atom. The molecule has 0 aliphatic heterocycles. The van der Waals surface area contributed by atoms with Gasteiger partial charge in [0, 0.05) is 18.8 Å². The van der Waals surface area contributed by atoms with E-state index < -0.39 is 0 Å². The van der Waals surface area contributed by atoms with Gasteiger partial charge in [-0.15, -0.1) is 0 Å². The highest BCUT2D eigenvalue weighted by molar-refractivity contribution is 6.25. The third-order valence-electron chi connectivity index (χ3n) is 2.91. The quantitative estimate of drug-likeness (QED) is 0.756. The maximum absolute atomic E-state index is 9.16. The molecule has 3 heteroatoms. The van der Waals surface area contributed by atoms with Crippen LogP contribution in [0.1, 0.15) is 11.1 Å². The Hall–Kier alpha value is -1.98. The van der Waals surface area contributed by atoms with Crippen molar-refractivity contribution in [1.82, 2.24) is 0 Å². The minimum absolute atomic E-state index is 0.676. The number of hydrogen-bond acceptors (Lipinski definition) is 2. The maximum atomic E-state index is 9.16. The summed E-state index contributed by atoms with van der Waals surface area (Å²) in [7, 11) is 1.78. The largest absolute Gasteiger partial charge is 0.288 e. The minimum Gasteiger partial charge on any atom is -0.288 e. The fraction of sp³-hybridized carbons (Fsp3) is 0.133. The fourth-order valence-corrected chi connectivity index (χ4v) is 2.01. The molecule has 0 saturated heterocycles. The zero-order valence-corrected chi connectivity index (χ0v) is 11.1. The lowest BCUT2D eigenvalue weighted by Crippen LogP contribution is -2.01. The molecular weight excluding hydrogens is 244 g/mol. The number of nitrogens with zero attached hydrogens (tertiary/aromatic N) is 2. The van der Waals surface area contributed by atoms with E-state index in [1.165, 1.54) is 4.42 Å². The Balaban J connectivity index is 2.63. The number of benzene rings is 2. The van der Waals surface area contributed by atoms with Gasteiger partial charge in [0.25, 0.3) is 0 Å². The van der Waals surface area contributed by atoms with Crippen molar-refractivity contribution in [3.05, 3.63) is 53.6 Å². The fourth-order valence-electron chi connectivity index (χ4n) is 1.91. The summed E-state index contributed by atoms with van der Waals surface area (Å²) in [4.78, 5) is 0.